The lowest BCUT2D eigenvalue weighted by atomic mass is 9.87. The molecule has 3 heterocycles. The molecule has 1 unspecified atom stereocenters. The van der Waals surface area contributed by atoms with Gasteiger partial charge in [0.1, 0.15) is 48.4 Å². The summed E-state index contributed by atoms with van der Waals surface area (Å²) in [6.07, 6.45) is 7.09. The average molecular weight is 534 g/mol. The van der Waals surface area contributed by atoms with Gasteiger partial charge in [0, 0.05) is 11.1 Å². The van der Waals surface area contributed by atoms with Crippen molar-refractivity contribution in [2.45, 2.75) is 46.1 Å². The van der Waals surface area contributed by atoms with E-state index in [0.717, 1.165) is 69.7 Å². The fraction of sp³-hybridized carbons (Fsp3) is 0.333. The zero-order chi connectivity index (χ0) is 27.0. The Morgan fingerprint density at radius 2 is 1.97 bits per heavy atom. The lowest BCUT2D eigenvalue weighted by Crippen LogP contribution is -2.42. The Bertz CT molecular complexity index is 1410. The Hall–Kier alpha value is -3.65. The second kappa shape index (κ2) is 10.3. The van der Waals surface area contributed by atoms with Crippen molar-refractivity contribution in [2.75, 3.05) is 19.8 Å². The van der Waals surface area contributed by atoms with E-state index in [1.807, 2.05) is 24.3 Å². The summed E-state index contributed by atoms with van der Waals surface area (Å²) in [5.74, 6) is 2.91. The molecule has 0 aromatic heterocycles. The first-order valence-electron chi connectivity index (χ1n) is 12.6. The molecule has 2 amide bonds. The number of rotatable bonds is 7. The molecule has 0 aliphatic carbocycles. The van der Waals surface area contributed by atoms with Crippen molar-refractivity contribution in [1.29, 1.82) is 0 Å². The van der Waals surface area contributed by atoms with Crippen molar-refractivity contribution < 1.29 is 28.5 Å². The van der Waals surface area contributed by atoms with Crippen LogP contribution in [0.2, 0.25) is 0 Å². The van der Waals surface area contributed by atoms with Crippen molar-refractivity contribution in [3.8, 4) is 23.0 Å². The molecule has 3 aliphatic rings. The highest BCUT2D eigenvalue weighted by atomic mass is 32.2. The van der Waals surface area contributed by atoms with E-state index in [4.69, 9.17) is 18.9 Å². The van der Waals surface area contributed by atoms with Gasteiger partial charge in [0.15, 0.2) is 0 Å². The number of thioether (sulfide) groups is 1. The van der Waals surface area contributed by atoms with Crippen LogP contribution in [0.4, 0.5) is 4.79 Å². The third-order valence-corrected chi connectivity index (χ3v) is 7.94. The van der Waals surface area contributed by atoms with Crippen LogP contribution in [0.3, 0.4) is 0 Å². The first-order valence-corrected chi connectivity index (χ1v) is 13.4. The Morgan fingerprint density at radius 3 is 2.71 bits per heavy atom. The predicted octanol–water partition coefficient (Wildman–Crippen LogP) is 5.98. The number of fused-ring (bicyclic) bond motifs is 2. The average Bonchev–Trinajstić information content (AvgIpc) is 3.22. The van der Waals surface area contributed by atoms with E-state index in [1.54, 1.807) is 12.2 Å². The highest BCUT2D eigenvalue weighted by Crippen LogP contribution is 2.44. The van der Waals surface area contributed by atoms with Gasteiger partial charge in [-0.1, -0.05) is 12.7 Å². The molecule has 8 heteroatoms. The molecule has 3 aliphatic heterocycles. The Labute approximate surface area is 226 Å². The van der Waals surface area contributed by atoms with E-state index < -0.39 is 5.60 Å². The molecule has 0 spiro atoms. The van der Waals surface area contributed by atoms with Crippen LogP contribution in [0.15, 0.2) is 47.4 Å². The molecule has 2 aromatic carbocycles. The van der Waals surface area contributed by atoms with Gasteiger partial charge in [-0.05, 0) is 105 Å². The van der Waals surface area contributed by atoms with Gasteiger partial charge in [-0.15, -0.1) is 0 Å². The van der Waals surface area contributed by atoms with Crippen LogP contribution < -0.4 is 24.3 Å². The first-order chi connectivity index (χ1) is 18.2. The molecule has 1 N–H and O–H groups in total. The van der Waals surface area contributed by atoms with Gasteiger partial charge in [0.05, 0.1) is 4.91 Å². The second-order valence-electron chi connectivity index (χ2n) is 10.0. The van der Waals surface area contributed by atoms with Crippen molar-refractivity contribution in [3.05, 3.63) is 75.2 Å². The number of nitrogens with one attached hydrogen (secondary N) is 1. The van der Waals surface area contributed by atoms with Gasteiger partial charge in [-0.25, -0.2) is 0 Å². The van der Waals surface area contributed by atoms with Gasteiger partial charge in [-0.2, -0.15) is 0 Å². The first kappa shape index (κ1) is 26.0. The normalized spacial score (nSPS) is 21.1. The van der Waals surface area contributed by atoms with Crippen LogP contribution in [0, 0.1) is 20.8 Å². The lowest BCUT2D eigenvalue weighted by molar-refractivity contribution is -0.115. The highest BCUT2D eigenvalue weighted by molar-refractivity contribution is 8.18. The number of imide groups is 1. The standard InChI is InChI=1S/C30H31NO6S/c1-6-11-34-26-17(2)18(3)27-23(19(26)4)9-10-30(5,37-27)16-36-22-7-8-24-21(14-22)12-20(15-35-24)13-25-28(32)31-29(33)38-25/h6-8,12-14H,1,9-11,15-16H2,2-5H3,(H,31,32,33)/b25-13-. The molecule has 0 saturated carbocycles. The molecule has 0 radical (unpaired) electrons. The number of benzene rings is 2. The molecule has 1 fully saturated rings. The SMILES string of the molecule is C=CCOc1c(C)c(C)c2c(c1C)CCC(C)(COc1ccc3c(c1)C=C(/C=C1\SC(=O)NC1=O)CO3)O2. The molecule has 5 rings (SSSR count). The number of carbonyl (C=O) groups excluding carboxylic acids is 2. The molecule has 2 aromatic rings. The lowest BCUT2D eigenvalue weighted by Gasteiger charge is -2.38. The van der Waals surface area contributed by atoms with Crippen molar-refractivity contribution in [1.82, 2.24) is 5.32 Å². The minimum absolute atomic E-state index is 0.322. The van der Waals surface area contributed by atoms with Crippen LogP contribution in [-0.2, 0) is 11.2 Å². The predicted molar refractivity (Wildman–Crippen MR) is 148 cm³/mol. The highest BCUT2D eigenvalue weighted by Gasteiger charge is 2.36. The Morgan fingerprint density at radius 1 is 1.16 bits per heavy atom. The number of hydrogen-bond acceptors (Lipinski definition) is 7. The minimum Gasteiger partial charge on any atom is -0.489 e. The minimum atomic E-state index is -0.489. The van der Waals surface area contributed by atoms with Gasteiger partial charge < -0.3 is 18.9 Å². The van der Waals surface area contributed by atoms with E-state index in [-0.39, 0.29) is 11.1 Å². The molecule has 1 atom stereocenters. The summed E-state index contributed by atoms with van der Waals surface area (Å²) in [6, 6.07) is 5.69. The van der Waals surface area contributed by atoms with Gasteiger partial charge in [0.25, 0.3) is 11.1 Å². The topological polar surface area (TPSA) is 83.1 Å². The third kappa shape index (κ3) is 5.05. The summed E-state index contributed by atoms with van der Waals surface area (Å²) in [5.41, 5.74) is 5.65. The van der Waals surface area contributed by atoms with E-state index >= 15 is 0 Å². The Kier molecular flexibility index (Phi) is 7.01. The maximum Gasteiger partial charge on any atom is 0.290 e. The summed E-state index contributed by atoms with van der Waals surface area (Å²) < 4.78 is 24.7. The van der Waals surface area contributed by atoms with E-state index in [0.29, 0.717) is 30.5 Å². The zero-order valence-corrected chi connectivity index (χ0v) is 22.9. The van der Waals surface area contributed by atoms with Crippen molar-refractivity contribution >= 4 is 29.0 Å². The van der Waals surface area contributed by atoms with Gasteiger partial charge in [0.2, 0.25) is 0 Å². The molecule has 7 nitrogen and oxygen atoms in total. The number of amides is 2. The van der Waals surface area contributed by atoms with Crippen LogP contribution in [0.25, 0.3) is 6.08 Å². The monoisotopic (exact) mass is 533 g/mol. The van der Waals surface area contributed by atoms with Crippen LogP contribution >= 0.6 is 11.8 Å². The molecule has 0 bridgehead atoms. The second-order valence-corrected chi connectivity index (χ2v) is 11.0. The molecular formula is C30H31NO6S. The number of ether oxygens (including phenoxy) is 4. The van der Waals surface area contributed by atoms with E-state index in [2.05, 4.69) is 39.6 Å². The molecular weight excluding hydrogens is 502 g/mol. The van der Waals surface area contributed by atoms with Gasteiger partial charge >= 0.3 is 0 Å². The largest absolute Gasteiger partial charge is 0.489 e. The van der Waals surface area contributed by atoms with E-state index in [1.165, 1.54) is 5.56 Å². The molecule has 38 heavy (non-hydrogen) atoms. The number of hydrogen-bond donors (Lipinski definition) is 1. The van der Waals surface area contributed by atoms with Crippen LogP contribution in [0.5, 0.6) is 23.0 Å². The quantitative estimate of drug-likeness (QED) is 0.346. The van der Waals surface area contributed by atoms with E-state index in [9.17, 15) is 9.59 Å². The van der Waals surface area contributed by atoms with Crippen molar-refractivity contribution in [3.63, 3.8) is 0 Å². The summed E-state index contributed by atoms with van der Waals surface area (Å²) >= 11 is 0.893. The zero-order valence-electron chi connectivity index (χ0n) is 22.1. The smallest absolute Gasteiger partial charge is 0.290 e. The Balaban J connectivity index is 1.31. The van der Waals surface area contributed by atoms with Crippen LogP contribution in [0.1, 0.15) is 41.2 Å². The summed E-state index contributed by atoms with van der Waals surface area (Å²) in [6.45, 7) is 13.3. The summed E-state index contributed by atoms with van der Waals surface area (Å²) in [4.78, 5) is 23.7. The fourth-order valence-electron chi connectivity index (χ4n) is 4.91. The maximum absolute atomic E-state index is 11.9. The summed E-state index contributed by atoms with van der Waals surface area (Å²) in [7, 11) is 0. The third-order valence-electron chi connectivity index (χ3n) is 7.13. The maximum atomic E-state index is 11.9. The van der Waals surface area contributed by atoms with Crippen molar-refractivity contribution in [2.24, 2.45) is 0 Å². The molecule has 198 valence electrons. The van der Waals surface area contributed by atoms with Crippen LogP contribution in [-0.4, -0.2) is 36.6 Å². The molecule has 1 saturated heterocycles. The summed E-state index contributed by atoms with van der Waals surface area (Å²) in [5, 5.41) is 1.91. The number of carbonyl (C=O) groups is 2. The fourth-order valence-corrected chi connectivity index (χ4v) is 5.61. The van der Waals surface area contributed by atoms with Gasteiger partial charge in [-0.3, -0.25) is 14.9 Å².